The summed E-state index contributed by atoms with van der Waals surface area (Å²) in [6.45, 7) is 0. The molecule has 3 nitrogen and oxygen atoms in total. The Labute approximate surface area is 407 Å². The maximum atomic E-state index is 2.47. The van der Waals surface area contributed by atoms with E-state index in [0.29, 0.717) is 0 Å². The number of anilines is 6. The second-order valence-corrected chi connectivity index (χ2v) is 19.9. The fraction of sp³-hybridized carbons (Fsp3) is 0. The quantitative estimate of drug-likeness (QED) is 0.150. The van der Waals surface area contributed by atoms with Crippen LogP contribution in [0.1, 0.15) is 0 Å². The van der Waals surface area contributed by atoms with Crippen molar-refractivity contribution in [2.24, 2.45) is 0 Å². The summed E-state index contributed by atoms with van der Waals surface area (Å²) in [6.07, 6.45) is 0. The number of aromatic nitrogens is 1. The van der Waals surface area contributed by atoms with E-state index in [1.54, 1.807) is 0 Å². The summed E-state index contributed by atoms with van der Waals surface area (Å²) < 4.78 is 7.62. The van der Waals surface area contributed by atoms with Gasteiger partial charge in [-0.2, -0.15) is 0 Å². The van der Waals surface area contributed by atoms with Gasteiger partial charge in [-0.1, -0.05) is 140 Å². The van der Waals surface area contributed by atoms with Gasteiger partial charge in [-0.15, -0.1) is 22.7 Å². The van der Waals surface area contributed by atoms with E-state index in [1.807, 2.05) is 22.7 Å². The summed E-state index contributed by atoms with van der Waals surface area (Å²) in [6, 6.07) is 91.5. The summed E-state index contributed by atoms with van der Waals surface area (Å²) in [4.78, 5) is 4.87. The third kappa shape index (κ3) is 6.62. The Morgan fingerprint density at radius 1 is 0.275 bits per heavy atom. The zero-order chi connectivity index (χ0) is 45.4. The summed E-state index contributed by atoms with van der Waals surface area (Å²) in [5.74, 6) is 0. The predicted molar refractivity (Wildman–Crippen MR) is 299 cm³/mol. The molecule has 324 valence electrons. The molecule has 0 saturated carbocycles. The third-order valence-corrected chi connectivity index (χ3v) is 16.0. The number of hydrogen-bond donors (Lipinski definition) is 0. The highest BCUT2D eigenvalue weighted by Gasteiger charge is 2.22. The summed E-state index contributed by atoms with van der Waals surface area (Å²) >= 11 is 3.71. The van der Waals surface area contributed by atoms with Gasteiger partial charge in [-0.05, 0) is 126 Å². The highest BCUT2D eigenvalue weighted by Crippen LogP contribution is 2.47. The lowest BCUT2D eigenvalue weighted by atomic mass is 9.99. The molecule has 69 heavy (non-hydrogen) atoms. The van der Waals surface area contributed by atoms with Crippen LogP contribution in [0.15, 0.2) is 249 Å². The van der Waals surface area contributed by atoms with Gasteiger partial charge in [0.1, 0.15) is 0 Å². The lowest BCUT2D eigenvalue weighted by Gasteiger charge is -2.30. The first kappa shape index (κ1) is 39.7. The van der Waals surface area contributed by atoms with Gasteiger partial charge in [0.2, 0.25) is 0 Å². The van der Waals surface area contributed by atoms with E-state index in [4.69, 9.17) is 0 Å². The van der Waals surface area contributed by atoms with Gasteiger partial charge in [0.15, 0.2) is 0 Å². The van der Waals surface area contributed by atoms with Crippen LogP contribution < -0.4 is 9.80 Å². The Hall–Kier alpha value is -8.48. The average molecular weight is 916 g/mol. The Kier molecular flexibility index (Phi) is 9.26. The van der Waals surface area contributed by atoms with Gasteiger partial charge in [0.05, 0.1) is 11.0 Å². The lowest BCUT2D eigenvalue weighted by Crippen LogP contribution is -2.13. The van der Waals surface area contributed by atoms with E-state index in [0.717, 1.165) is 50.9 Å². The number of para-hydroxylation sites is 3. The van der Waals surface area contributed by atoms with Crippen molar-refractivity contribution in [2.75, 3.05) is 9.80 Å². The van der Waals surface area contributed by atoms with Crippen LogP contribution >= 0.6 is 22.7 Å². The SMILES string of the molecule is c1ccc(N(c2cc(-c3ccc4c5ccc6ccccc6c5n(-c5ccccc5)c4c3)cc(N(c3ccccc3)c3ccc4sc5ccccc5c4c3)c2)c2ccc3sc4ccccc4c3c2)cc1. The van der Waals surface area contributed by atoms with Crippen molar-refractivity contribution >= 4 is 130 Å². The van der Waals surface area contributed by atoms with Crippen molar-refractivity contribution in [3.63, 3.8) is 0 Å². The zero-order valence-electron chi connectivity index (χ0n) is 37.3. The van der Waals surface area contributed by atoms with Gasteiger partial charge < -0.3 is 14.4 Å². The van der Waals surface area contributed by atoms with Crippen molar-refractivity contribution in [3.05, 3.63) is 249 Å². The molecule has 3 aromatic heterocycles. The van der Waals surface area contributed by atoms with E-state index in [9.17, 15) is 0 Å². The van der Waals surface area contributed by atoms with Gasteiger partial charge in [0, 0.05) is 96.3 Å². The standard InChI is InChI=1S/C64H41N3S2/c1-4-17-45(18-5-1)65(48-30-34-62-57(40-48)54-24-12-14-26-60(54)68-62)50-36-44(37-51(39-50)66(46-19-6-2-7-20-46)49-31-35-63-58(41-49)55-25-13-15-27-61(55)69-63)43-29-32-53-56-33-28-42-16-10-11-23-52(42)64(56)67(59(53)38-43)47-21-8-3-9-22-47/h1-41H. The third-order valence-electron chi connectivity index (χ3n) is 13.7. The number of rotatable bonds is 8. The molecule has 0 bridgehead atoms. The zero-order valence-corrected chi connectivity index (χ0v) is 39.0. The molecule has 0 aliphatic heterocycles. The molecule has 0 radical (unpaired) electrons. The molecule has 3 heterocycles. The van der Waals surface area contributed by atoms with Crippen LogP contribution in [0.5, 0.6) is 0 Å². The van der Waals surface area contributed by atoms with E-state index >= 15 is 0 Å². The van der Waals surface area contributed by atoms with Crippen molar-refractivity contribution in [1.82, 2.24) is 4.57 Å². The molecule has 11 aromatic carbocycles. The first-order valence-corrected chi connectivity index (χ1v) is 25.0. The average Bonchev–Trinajstić information content (AvgIpc) is 4.09. The predicted octanol–water partition coefficient (Wildman–Crippen LogP) is 19.3. The molecular weight excluding hydrogens is 875 g/mol. The fourth-order valence-corrected chi connectivity index (χ4v) is 12.8. The van der Waals surface area contributed by atoms with Crippen LogP contribution in [0.2, 0.25) is 0 Å². The van der Waals surface area contributed by atoms with E-state index in [1.165, 1.54) is 72.9 Å². The molecule has 0 spiro atoms. The highest BCUT2D eigenvalue weighted by molar-refractivity contribution is 7.26. The molecule has 0 unspecified atom stereocenters. The minimum atomic E-state index is 1.06. The van der Waals surface area contributed by atoms with Gasteiger partial charge in [-0.3, -0.25) is 0 Å². The molecule has 0 amide bonds. The smallest absolute Gasteiger partial charge is 0.0619 e. The number of benzene rings is 11. The normalized spacial score (nSPS) is 11.8. The van der Waals surface area contributed by atoms with E-state index < -0.39 is 0 Å². The maximum Gasteiger partial charge on any atom is 0.0619 e. The van der Waals surface area contributed by atoms with Crippen LogP contribution in [0.3, 0.4) is 0 Å². The molecule has 0 saturated heterocycles. The Morgan fingerprint density at radius 2 is 0.768 bits per heavy atom. The Morgan fingerprint density at radius 3 is 1.36 bits per heavy atom. The summed E-state index contributed by atoms with van der Waals surface area (Å²) in [5.41, 5.74) is 12.3. The van der Waals surface area contributed by atoms with E-state index in [2.05, 4.69) is 263 Å². The van der Waals surface area contributed by atoms with Crippen LogP contribution in [0.25, 0.3) is 89.7 Å². The number of hydrogen-bond acceptors (Lipinski definition) is 4. The molecule has 0 atom stereocenters. The Balaban J connectivity index is 1.05. The molecule has 0 N–H and O–H groups in total. The number of fused-ring (bicyclic) bond motifs is 11. The van der Waals surface area contributed by atoms with Gasteiger partial charge in [0.25, 0.3) is 0 Å². The molecule has 14 aromatic rings. The summed E-state index contributed by atoms with van der Waals surface area (Å²) in [5, 5.41) is 10.0. The van der Waals surface area contributed by atoms with Crippen molar-refractivity contribution in [1.29, 1.82) is 0 Å². The van der Waals surface area contributed by atoms with Gasteiger partial charge in [-0.25, -0.2) is 0 Å². The van der Waals surface area contributed by atoms with Crippen molar-refractivity contribution in [3.8, 4) is 16.8 Å². The van der Waals surface area contributed by atoms with Gasteiger partial charge >= 0.3 is 0 Å². The fourth-order valence-electron chi connectivity index (χ4n) is 10.6. The maximum absolute atomic E-state index is 2.47. The topological polar surface area (TPSA) is 11.4 Å². The van der Waals surface area contributed by atoms with Crippen LogP contribution in [0, 0.1) is 0 Å². The first-order valence-electron chi connectivity index (χ1n) is 23.4. The molecule has 0 fully saturated rings. The summed E-state index contributed by atoms with van der Waals surface area (Å²) in [7, 11) is 0. The molecule has 0 aliphatic carbocycles. The lowest BCUT2D eigenvalue weighted by molar-refractivity contribution is 1.19. The van der Waals surface area contributed by atoms with Crippen LogP contribution in [-0.4, -0.2) is 4.57 Å². The van der Waals surface area contributed by atoms with Crippen molar-refractivity contribution in [2.45, 2.75) is 0 Å². The minimum Gasteiger partial charge on any atom is -0.310 e. The molecule has 14 rings (SSSR count). The molecular formula is C64H41N3S2. The number of nitrogens with zero attached hydrogens (tertiary/aromatic N) is 3. The van der Waals surface area contributed by atoms with Crippen LogP contribution in [-0.2, 0) is 0 Å². The van der Waals surface area contributed by atoms with E-state index in [-0.39, 0.29) is 0 Å². The largest absolute Gasteiger partial charge is 0.310 e. The first-order chi connectivity index (χ1) is 34.2. The molecule has 5 heteroatoms. The minimum absolute atomic E-state index is 1.06. The number of thiophene rings is 2. The second-order valence-electron chi connectivity index (χ2n) is 17.7. The Bertz CT molecular complexity index is 4090. The molecule has 0 aliphatic rings. The van der Waals surface area contributed by atoms with Crippen LogP contribution in [0.4, 0.5) is 34.1 Å². The second kappa shape index (κ2) is 16.1. The monoisotopic (exact) mass is 915 g/mol. The van der Waals surface area contributed by atoms with Crippen molar-refractivity contribution < 1.29 is 0 Å². The highest BCUT2D eigenvalue weighted by atomic mass is 32.1.